The largest absolute Gasteiger partial charge is 0.474 e. The molecule has 7 heteroatoms. The van der Waals surface area contributed by atoms with Crippen molar-refractivity contribution in [3.8, 4) is 5.88 Å². The zero-order valence-corrected chi connectivity index (χ0v) is 17.8. The standard InChI is InChI=1S/C22H35N5O2/c1-23-20(28)14-17-9-12-27(13-10-17)22(24-2)26-16-18-8-11-25-21(15-18)29-19-6-4-3-5-7-19/h8,11,15,17,19H,3-7,9-10,12-14,16H2,1-2H3,(H,23,28)(H,24,26). The number of rotatable bonds is 6. The lowest BCUT2D eigenvalue weighted by Crippen LogP contribution is -2.45. The number of carbonyl (C=O) groups is 1. The molecule has 160 valence electrons. The minimum Gasteiger partial charge on any atom is -0.474 e. The maximum Gasteiger partial charge on any atom is 0.220 e. The van der Waals surface area contributed by atoms with E-state index in [-0.39, 0.29) is 5.91 Å². The molecule has 0 radical (unpaired) electrons. The van der Waals surface area contributed by atoms with Crippen LogP contribution in [-0.4, -0.2) is 55.0 Å². The third kappa shape index (κ3) is 6.61. The molecule has 1 aromatic heterocycles. The van der Waals surface area contributed by atoms with E-state index in [0.717, 1.165) is 56.2 Å². The van der Waals surface area contributed by atoms with Crippen LogP contribution in [0.3, 0.4) is 0 Å². The summed E-state index contributed by atoms with van der Waals surface area (Å²) in [6.45, 7) is 2.54. The van der Waals surface area contributed by atoms with Gasteiger partial charge in [0.15, 0.2) is 5.96 Å². The predicted molar refractivity (Wildman–Crippen MR) is 115 cm³/mol. The normalized spacial score (nSPS) is 19.1. The number of carbonyl (C=O) groups excluding carboxylic acids is 1. The highest BCUT2D eigenvalue weighted by Crippen LogP contribution is 2.23. The molecule has 7 nitrogen and oxygen atoms in total. The first kappa shape index (κ1) is 21.4. The monoisotopic (exact) mass is 401 g/mol. The predicted octanol–water partition coefficient (Wildman–Crippen LogP) is 2.72. The molecular weight excluding hydrogens is 366 g/mol. The quantitative estimate of drug-likeness (QED) is 0.566. The van der Waals surface area contributed by atoms with Crippen molar-refractivity contribution in [2.75, 3.05) is 27.2 Å². The van der Waals surface area contributed by atoms with Gasteiger partial charge in [0, 0.05) is 52.4 Å². The van der Waals surface area contributed by atoms with Crippen molar-refractivity contribution in [3.05, 3.63) is 23.9 Å². The molecule has 29 heavy (non-hydrogen) atoms. The lowest BCUT2D eigenvalue weighted by atomic mass is 9.93. The minimum atomic E-state index is 0.134. The van der Waals surface area contributed by atoms with E-state index in [1.165, 1.54) is 19.3 Å². The summed E-state index contributed by atoms with van der Waals surface area (Å²) in [6, 6.07) is 4.05. The van der Waals surface area contributed by atoms with Crippen LogP contribution in [0.4, 0.5) is 0 Å². The van der Waals surface area contributed by atoms with Crippen molar-refractivity contribution < 1.29 is 9.53 Å². The van der Waals surface area contributed by atoms with E-state index in [1.54, 1.807) is 7.05 Å². The number of guanidine groups is 1. The highest BCUT2D eigenvalue weighted by Gasteiger charge is 2.23. The van der Waals surface area contributed by atoms with E-state index in [1.807, 2.05) is 25.4 Å². The highest BCUT2D eigenvalue weighted by molar-refractivity contribution is 5.80. The van der Waals surface area contributed by atoms with Gasteiger partial charge in [0.1, 0.15) is 6.10 Å². The third-order valence-corrected chi connectivity index (χ3v) is 5.97. The molecule has 1 aromatic rings. The van der Waals surface area contributed by atoms with Crippen LogP contribution in [0.15, 0.2) is 23.3 Å². The third-order valence-electron chi connectivity index (χ3n) is 5.97. The summed E-state index contributed by atoms with van der Waals surface area (Å²) < 4.78 is 6.09. The fraction of sp³-hybridized carbons (Fsp3) is 0.682. The number of pyridine rings is 1. The van der Waals surface area contributed by atoms with Gasteiger partial charge in [0.2, 0.25) is 11.8 Å². The van der Waals surface area contributed by atoms with E-state index >= 15 is 0 Å². The second-order valence-electron chi connectivity index (χ2n) is 8.09. The molecule has 0 spiro atoms. The summed E-state index contributed by atoms with van der Waals surface area (Å²) in [5.74, 6) is 2.23. The first-order chi connectivity index (χ1) is 14.2. The summed E-state index contributed by atoms with van der Waals surface area (Å²) >= 11 is 0. The number of ether oxygens (including phenoxy) is 1. The number of aromatic nitrogens is 1. The van der Waals surface area contributed by atoms with E-state index in [2.05, 4.69) is 25.5 Å². The molecule has 1 amide bonds. The number of aliphatic imine (C=N–C) groups is 1. The van der Waals surface area contributed by atoms with Crippen LogP contribution in [0.2, 0.25) is 0 Å². The Balaban J connectivity index is 1.47. The van der Waals surface area contributed by atoms with Crippen molar-refractivity contribution in [2.45, 2.75) is 64.0 Å². The fourth-order valence-corrected chi connectivity index (χ4v) is 4.21. The smallest absolute Gasteiger partial charge is 0.220 e. The van der Waals surface area contributed by atoms with E-state index in [0.29, 0.717) is 25.0 Å². The van der Waals surface area contributed by atoms with Crippen LogP contribution in [0.1, 0.15) is 56.9 Å². The molecule has 1 aliphatic heterocycles. The summed E-state index contributed by atoms with van der Waals surface area (Å²) in [7, 11) is 3.52. The van der Waals surface area contributed by atoms with Crippen LogP contribution in [0.5, 0.6) is 5.88 Å². The Kier molecular flexibility index (Phi) is 8.14. The number of hydrogen-bond acceptors (Lipinski definition) is 4. The van der Waals surface area contributed by atoms with Crippen molar-refractivity contribution in [1.82, 2.24) is 20.5 Å². The molecule has 1 aliphatic carbocycles. The van der Waals surface area contributed by atoms with Crippen molar-refractivity contribution in [2.24, 2.45) is 10.9 Å². The molecule has 2 heterocycles. The van der Waals surface area contributed by atoms with Gasteiger partial charge in [0.25, 0.3) is 0 Å². The Hall–Kier alpha value is -2.31. The lowest BCUT2D eigenvalue weighted by Gasteiger charge is -2.34. The van der Waals surface area contributed by atoms with Crippen LogP contribution in [0, 0.1) is 5.92 Å². The molecule has 0 aromatic carbocycles. The van der Waals surface area contributed by atoms with Gasteiger partial charge in [-0.05, 0) is 56.1 Å². The maximum absolute atomic E-state index is 11.6. The molecule has 1 saturated heterocycles. The number of hydrogen-bond donors (Lipinski definition) is 2. The molecule has 0 atom stereocenters. The number of nitrogens with zero attached hydrogens (tertiary/aromatic N) is 3. The molecule has 1 saturated carbocycles. The van der Waals surface area contributed by atoms with Crippen LogP contribution >= 0.6 is 0 Å². The van der Waals surface area contributed by atoms with Gasteiger partial charge in [0.05, 0.1) is 0 Å². The van der Waals surface area contributed by atoms with Crippen LogP contribution in [0.25, 0.3) is 0 Å². The highest BCUT2D eigenvalue weighted by atomic mass is 16.5. The van der Waals surface area contributed by atoms with Crippen molar-refractivity contribution >= 4 is 11.9 Å². The molecule has 2 aliphatic rings. The Morgan fingerprint density at radius 2 is 2.00 bits per heavy atom. The zero-order chi connectivity index (χ0) is 20.5. The topological polar surface area (TPSA) is 78.9 Å². The maximum atomic E-state index is 11.6. The minimum absolute atomic E-state index is 0.134. The summed E-state index contributed by atoms with van der Waals surface area (Å²) in [5.41, 5.74) is 1.14. The first-order valence-electron chi connectivity index (χ1n) is 11.0. The van der Waals surface area contributed by atoms with Crippen LogP contribution in [-0.2, 0) is 11.3 Å². The van der Waals surface area contributed by atoms with E-state index < -0.39 is 0 Å². The Bertz CT molecular complexity index is 680. The SMILES string of the molecule is CN=C(NCc1ccnc(OC2CCCCC2)c1)N1CCC(CC(=O)NC)CC1. The molecule has 0 unspecified atom stereocenters. The average Bonchev–Trinajstić information content (AvgIpc) is 2.76. The lowest BCUT2D eigenvalue weighted by molar-refractivity contribution is -0.121. The second-order valence-corrected chi connectivity index (χ2v) is 8.09. The van der Waals surface area contributed by atoms with Gasteiger partial charge < -0.3 is 20.3 Å². The number of amides is 1. The molecular formula is C22H35N5O2. The summed E-state index contributed by atoms with van der Waals surface area (Å²) in [5, 5.41) is 6.19. The summed E-state index contributed by atoms with van der Waals surface area (Å²) in [6.07, 6.45) is 10.9. The summed E-state index contributed by atoms with van der Waals surface area (Å²) in [4.78, 5) is 22.7. The Morgan fingerprint density at radius 1 is 1.24 bits per heavy atom. The number of likely N-dealkylation sites (tertiary alicyclic amines) is 1. The Labute approximate surface area is 174 Å². The van der Waals surface area contributed by atoms with Gasteiger partial charge >= 0.3 is 0 Å². The van der Waals surface area contributed by atoms with Gasteiger partial charge in [-0.15, -0.1) is 0 Å². The van der Waals surface area contributed by atoms with E-state index in [4.69, 9.17) is 4.74 Å². The van der Waals surface area contributed by atoms with Crippen LogP contribution < -0.4 is 15.4 Å². The van der Waals surface area contributed by atoms with Gasteiger partial charge in [-0.25, -0.2) is 4.98 Å². The molecule has 2 N–H and O–H groups in total. The van der Waals surface area contributed by atoms with Gasteiger partial charge in [-0.1, -0.05) is 6.42 Å². The second kappa shape index (κ2) is 11.0. The van der Waals surface area contributed by atoms with Crippen molar-refractivity contribution in [1.29, 1.82) is 0 Å². The van der Waals surface area contributed by atoms with E-state index in [9.17, 15) is 4.79 Å². The molecule has 2 fully saturated rings. The zero-order valence-electron chi connectivity index (χ0n) is 17.8. The molecule has 3 rings (SSSR count). The average molecular weight is 402 g/mol. The van der Waals surface area contributed by atoms with Gasteiger partial charge in [-0.2, -0.15) is 0 Å². The molecule has 0 bridgehead atoms. The number of nitrogens with one attached hydrogen (secondary N) is 2. The van der Waals surface area contributed by atoms with Gasteiger partial charge in [-0.3, -0.25) is 9.79 Å². The van der Waals surface area contributed by atoms with Crippen molar-refractivity contribution in [3.63, 3.8) is 0 Å². The fourth-order valence-electron chi connectivity index (χ4n) is 4.21. The Morgan fingerprint density at radius 3 is 2.69 bits per heavy atom. The first-order valence-corrected chi connectivity index (χ1v) is 11.0. The number of piperidine rings is 1.